The summed E-state index contributed by atoms with van der Waals surface area (Å²) in [6, 6.07) is 0. The van der Waals surface area contributed by atoms with Gasteiger partial charge in [-0.05, 0) is 6.42 Å². The zero-order valence-electron chi connectivity index (χ0n) is 6.03. The Bertz CT molecular complexity index is 142. The zero-order chi connectivity index (χ0) is 7.40. The number of hydrogen-bond acceptors (Lipinski definition) is 3. The average molecular weight is 139 g/mol. The molecule has 0 atom stereocenters. The fraction of sp³-hybridized carbons (Fsp3) is 0.429. The molecule has 0 saturated heterocycles. The summed E-state index contributed by atoms with van der Waals surface area (Å²) >= 11 is 0. The standard InChI is InChI=1S/C7H13N3/c1-2-5-9-6-3-4-7-10(9)8/h2,4,7H,1,3,5-6,8H2. The Hall–Kier alpha value is -0.800. The average Bonchev–Trinajstić information content (AvgIpc) is 1.94. The highest BCUT2D eigenvalue weighted by molar-refractivity contribution is 4.86. The first-order valence-corrected chi connectivity index (χ1v) is 3.41. The van der Waals surface area contributed by atoms with Crippen molar-refractivity contribution in [2.75, 3.05) is 13.1 Å². The third kappa shape index (κ3) is 1.59. The van der Waals surface area contributed by atoms with Crippen LogP contribution in [-0.2, 0) is 0 Å². The minimum Gasteiger partial charge on any atom is -0.249 e. The van der Waals surface area contributed by atoms with Gasteiger partial charge in [0.15, 0.2) is 0 Å². The van der Waals surface area contributed by atoms with Gasteiger partial charge in [-0.1, -0.05) is 12.2 Å². The predicted octanol–water partition coefficient (Wildman–Crippen LogP) is 0.483. The van der Waals surface area contributed by atoms with E-state index in [4.69, 9.17) is 5.84 Å². The molecule has 2 N–H and O–H groups in total. The summed E-state index contributed by atoms with van der Waals surface area (Å²) in [6.07, 6.45) is 6.84. The summed E-state index contributed by atoms with van der Waals surface area (Å²) in [5.74, 6) is 5.59. The highest BCUT2D eigenvalue weighted by Crippen LogP contribution is 2.02. The Balaban J connectivity index is 2.43. The maximum absolute atomic E-state index is 5.59. The van der Waals surface area contributed by atoms with Crippen molar-refractivity contribution >= 4 is 0 Å². The van der Waals surface area contributed by atoms with Crippen LogP contribution in [0, 0.1) is 0 Å². The first-order chi connectivity index (χ1) is 4.84. The molecule has 1 heterocycles. The van der Waals surface area contributed by atoms with Gasteiger partial charge in [0.25, 0.3) is 0 Å². The molecule has 10 heavy (non-hydrogen) atoms. The van der Waals surface area contributed by atoms with Crippen molar-refractivity contribution in [2.24, 2.45) is 5.84 Å². The Morgan fingerprint density at radius 2 is 2.50 bits per heavy atom. The van der Waals surface area contributed by atoms with Crippen molar-refractivity contribution in [2.45, 2.75) is 6.42 Å². The lowest BCUT2D eigenvalue weighted by atomic mass is 10.3. The largest absolute Gasteiger partial charge is 0.249 e. The van der Waals surface area contributed by atoms with E-state index in [2.05, 4.69) is 12.7 Å². The predicted molar refractivity (Wildman–Crippen MR) is 41.6 cm³/mol. The molecule has 0 aromatic heterocycles. The maximum Gasteiger partial charge on any atom is 0.0373 e. The lowest BCUT2D eigenvalue weighted by molar-refractivity contribution is 0.0262. The number of hydrogen-bond donors (Lipinski definition) is 1. The Morgan fingerprint density at radius 3 is 3.10 bits per heavy atom. The number of nitrogens with zero attached hydrogens (tertiary/aromatic N) is 2. The summed E-state index contributed by atoms with van der Waals surface area (Å²) in [6.45, 7) is 5.45. The number of hydrazine groups is 2. The molecule has 1 aliphatic rings. The van der Waals surface area contributed by atoms with E-state index >= 15 is 0 Å². The molecule has 1 rings (SSSR count). The third-order valence-corrected chi connectivity index (χ3v) is 1.48. The monoisotopic (exact) mass is 139 g/mol. The van der Waals surface area contributed by atoms with E-state index in [0.29, 0.717) is 0 Å². The van der Waals surface area contributed by atoms with Gasteiger partial charge in [0.1, 0.15) is 0 Å². The molecule has 0 aromatic carbocycles. The van der Waals surface area contributed by atoms with Crippen LogP contribution < -0.4 is 5.84 Å². The summed E-state index contributed by atoms with van der Waals surface area (Å²) < 4.78 is 0. The molecule has 0 bridgehead atoms. The second-order valence-corrected chi connectivity index (χ2v) is 2.25. The van der Waals surface area contributed by atoms with Crippen LogP contribution in [0.1, 0.15) is 6.42 Å². The number of rotatable bonds is 2. The van der Waals surface area contributed by atoms with Gasteiger partial charge in [0, 0.05) is 19.3 Å². The van der Waals surface area contributed by atoms with E-state index < -0.39 is 0 Å². The topological polar surface area (TPSA) is 32.5 Å². The van der Waals surface area contributed by atoms with Crippen LogP contribution in [0.5, 0.6) is 0 Å². The molecule has 0 fully saturated rings. The van der Waals surface area contributed by atoms with Crippen molar-refractivity contribution in [1.82, 2.24) is 10.1 Å². The van der Waals surface area contributed by atoms with E-state index in [0.717, 1.165) is 19.5 Å². The van der Waals surface area contributed by atoms with Gasteiger partial charge in [-0.2, -0.15) is 0 Å². The zero-order valence-corrected chi connectivity index (χ0v) is 6.03. The Morgan fingerprint density at radius 1 is 1.70 bits per heavy atom. The molecule has 0 amide bonds. The molecular weight excluding hydrogens is 126 g/mol. The fourth-order valence-electron chi connectivity index (χ4n) is 0.950. The van der Waals surface area contributed by atoms with E-state index in [9.17, 15) is 0 Å². The van der Waals surface area contributed by atoms with Crippen molar-refractivity contribution in [1.29, 1.82) is 0 Å². The first-order valence-electron chi connectivity index (χ1n) is 3.41. The smallest absolute Gasteiger partial charge is 0.0373 e. The van der Waals surface area contributed by atoms with Crippen LogP contribution in [-0.4, -0.2) is 23.2 Å². The van der Waals surface area contributed by atoms with Crippen LogP contribution in [0.2, 0.25) is 0 Å². The van der Waals surface area contributed by atoms with E-state index in [-0.39, 0.29) is 0 Å². The molecule has 0 unspecified atom stereocenters. The van der Waals surface area contributed by atoms with Gasteiger partial charge in [-0.3, -0.25) is 0 Å². The van der Waals surface area contributed by atoms with Gasteiger partial charge in [-0.15, -0.1) is 6.58 Å². The first kappa shape index (κ1) is 7.31. The van der Waals surface area contributed by atoms with Gasteiger partial charge < -0.3 is 0 Å². The summed E-state index contributed by atoms with van der Waals surface area (Å²) in [7, 11) is 0. The van der Waals surface area contributed by atoms with Crippen molar-refractivity contribution in [3.05, 3.63) is 24.9 Å². The molecule has 56 valence electrons. The quantitative estimate of drug-likeness (QED) is 0.446. The molecular formula is C7H13N3. The second kappa shape index (κ2) is 3.39. The number of nitrogens with two attached hydrogens (primary N) is 1. The summed E-state index contributed by atoms with van der Waals surface area (Å²) in [5, 5.41) is 3.62. The van der Waals surface area contributed by atoms with E-state index in [1.165, 1.54) is 0 Å². The molecule has 1 aliphatic heterocycles. The lowest BCUT2D eigenvalue weighted by Gasteiger charge is -2.31. The van der Waals surface area contributed by atoms with Gasteiger partial charge in [0.05, 0.1) is 0 Å². The van der Waals surface area contributed by atoms with E-state index in [1.54, 1.807) is 5.12 Å². The maximum atomic E-state index is 5.59. The molecule has 0 aromatic rings. The summed E-state index contributed by atoms with van der Waals surface area (Å²) in [4.78, 5) is 0. The molecule has 0 spiro atoms. The SMILES string of the molecule is C=CCN1CCC=CN1N. The molecule has 0 aliphatic carbocycles. The highest BCUT2D eigenvalue weighted by atomic mass is 15.7. The van der Waals surface area contributed by atoms with Crippen molar-refractivity contribution in [3.63, 3.8) is 0 Å². The third-order valence-electron chi connectivity index (χ3n) is 1.48. The highest BCUT2D eigenvalue weighted by Gasteiger charge is 2.08. The molecule has 0 saturated carbocycles. The summed E-state index contributed by atoms with van der Waals surface area (Å²) in [5.41, 5.74) is 0. The van der Waals surface area contributed by atoms with Gasteiger partial charge >= 0.3 is 0 Å². The van der Waals surface area contributed by atoms with Crippen molar-refractivity contribution < 1.29 is 0 Å². The fourth-order valence-corrected chi connectivity index (χ4v) is 0.950. The molecule has 0 radical (unpaired) electrons. The van der Waals surface area contributed by atoms with E-state index in [1.807, 2.05) is 17.3 Å². The van der Waals surface area contributed by atoms with Crippen LogP contribution >= 0.6 is 0 Å². The molecule has 3 heteroatoms. The minimum atomic E-state index is 0.820. The van der Waals surface area contributed by atoms with Crippen LogP contribution in [0.25, 0.3) is 0 Å². The van der Waals surface area contributed by atoms with Crippen molar-refractivity contribution in [3.8, 4) is 0 Å². The molecule has 3 nitrogen and oxygen atoms in total. The van der Waals surface area contributed by atoms with Crippen LogP contribution in [0.4, 0.5) is 0 Å². The lowest BCUT2D eigenvalue weighted by Crippen LogP contribution is -2.45. The van der Waals surface area contributed by atoms with Crippen LogP contribution in [0.15, 0.2) is 24.9 Å². The Kier molecular flexibility index (Phi) is 2.48. The normalized spacial score (nSPS) is 19.5. The van der Waals surface area contributed by atoms with Crippen LogP contribution in [0.3, 0.4) is 0 Å². The van der Waals surface area contributed by atoms with Gasteiger partial charge in [0.2, 0.25) is 0 Å². The second-order valence-electron chi connectivity index (χ2n) is 2.25. The minimum absolute atomic E-state index is 0.820. The Labute approximate surface area is 61.3 Å². The van der Waals surface area contributed by atoms with Gasteiger partial charge in [-0.25, -0.2) is 16.0 Å².